The van der Waals surface area contributed by atoms with Crippen LogP contribution >= 0.6 is 12.2 Å². The van der Waals surface area contributed by atoms with E-state index in [4.69, 9.17) is 12.2 Å². The summed E-state index contributed by atoms with van der Waals surface area (Å²) in [6.45, 7) is 0. The van der Waals surface area contributed by atoms with Crippen LogP contribution in [0.2, 0.25) is 0 Å². The standard InChI is InChI=1S/C10H10F3N3S/c1-14-9(17)16-15-6-7-3-2-4-8(5-7)10(11,12)13/h2-6H,1H3,(H2,14,16,17). The summed E-state index contributed by atoms with van der Waals surface area (Å²) in [5.74, 6) is 0. The fourth-order valence-electron chi connectivity index (χ4n) is 1.02. The number of rotatable bonds is 2. The molecule has 1 rings (SSSR count). The van der Waals surface area contributed by atoms with Gasteiger partial charge in [-0.15, -0.1) is 0 Å². The Bertz CT molecular complexity index is 429. The molecular weight excluding hydrogens is 251 g/mol. The minimum Gasteiger partial charge on any atom is -0.364 e. The molecule has 0 aliphatic rings. The van der Waals surface area contributed by atoms with Gasteiger partial charge in [0.1, 0.15) is 0 Å². The highest BCUT2D eigenvalue weighted by Crippen LogP contribution is 2.29. The van der Waals surface area contributed by atoms with Gasteiger partial charge in [0.2, 0.25) is 0 Å². The minimum atomic E-state index is -4.35. The molecule has 0 bridgehead atoms. The second-order valence-corrected chi connectivity index (χ2v) is 3.48. The highest BCUT2D eigenvalue weighted by atomic mass is 32.1. The Kier molecular flexibility index (Phi) is 4.45. The first-order valence-corrected chi connectivity index (χ1v) is 5.02. The molecule has 0 radical (unpaired) electrons. The van der Waals surface area contributed by atoms with Gasteiger partial charge in [-0.1, -0.05) is 12.1 Å². The van der Waals surface area contributed by atoms with Crippen molar-refractivity contribution in [3.05, 3.63) is 35.4 Å². The molecule has 0 aliphatic heterocycles. The van der Waals surface area contributed by atoms with Crippen molar-refractivity contribution in [2.75, 3.05) is 7.05 Å². The molecule has 0 unspecified atom stereocenters. The first-order valence-electron chi connectivity index (χ1n) is 4.61. The number of thiocarbonyl (C=S) groups is 1. The Labute approximate surface area is 102 Å². The van der Waals surface area contributed by atoms with E-state index in [9.17, 15) is 13.2 Å². The molecule has 0 amide bonds. The highest BCUT2D eigenvalue weighted by molar-refractivity contribution is 7.80. The molecule has 0 aromatic heterocycles. The smallest absolute Gasteiger partial charge is 0.364 e. The Balaban J connectivity index is 2.76. The van der Waals surface area contributed by atoms with Gasteiger partial charge in [-0.3, -0.25) is 5.43 Å². The highest BCUT2D eigenvalue weighted by Gasteiger charge is 2.30. The van der Waals surface area contributed by atoms with Crippen LogP contribution in [0.3, 0.4) is 0 Å². The Morgan fingerprint density at radius 2 is 2.12 bits per heavy atom. The van der Waals surface area contributed by atoms with Gasteiger partial charge in [0.25, 0.3) is 0 Å². The van der Waals surface area contributed by atoms with E-state index in [2.05, 4.69) is 15.8 Å². The van der Waals surface area contributed by atoms with E-state index < -0.39 is 11.7 Å². The van der Waals surface area contributed by atoms with E-state index in [-0.39, 0.29) is 5.11 Å². The third kappa shape index (κ3) is 4.39. The SMILES string of the molecule is CNC(=S)NN=Cc1cccc(C(F)(F)F)c1. The van der Waals surface area contributed by atoms with Crippen LogP contribution in [0.25, 0.3) is 0 Å². The molecule has 7 heteroatoms. The summed E-state index contributed by atoms with van der Waals surface area (Å²) in [5, 5.41) is 6.59. The molecule has 0 heterocycles. The van der Waals surface area contributed by atoms with Gasteiger partial charge in [-0.2, -0.15) is 18.3 Å². The molecule has 1 aromatic rings. The van der Waals surface area contributed by atoms with Crippen LogP contribution in [0, 0.1) is 0 Å². The maximum Gasteiger partial charge on any atom is 0.416 e. The summed E-state index contributed by atoms with van der Waals surface area (Å²) in [4.78, 5) is 0. The topological polar surface area (TPSA) is 36.4 Å². The van der Waals surface area contributed by atoms with E-state index in [1.165, 1.54) is 18.3 Å². The number of benzene rings is 1. The van der Waals surface area contributed by atoms with E-state index in [1.54, 1.807) is 7.05 Å². The maximum absolute atomic E-state index is 12.4. The summed E-state index contributed by atoms with van der Waals surface area (Å²) in [5.41, 5.74) is 2.08. The van der Waals surface area contributed by atoms with Gasteiger partial charge in [0.15, 0.2) is 5.11 Å². The number of nitrogens with zero attached hydrogens (tertiary/aromatic N) is 1. The van der Waals surface area contributed by atoms with Gasteiger partial charge < -0.3 is 5.32 Å². The minimum absolute atomic E-state index is 0.285. The zero-order valence-corrected chi connectivity index (χ0v) is 9.69. The monoisotopic (exact) mass is 261 g/mol. The fraction of sp³-hybridized carbons (Fsp3) is 0.200. The van der Waals surface area contributed by atoms with Crippen LogP contribution in [0.5, 0.6) is 0 Å². The lowest BCUT2D eigenvalue weighted by atomic mass is 10.1. The predicted octanol–water partition coefficient (Wildman–Crippen LogP) is 2.13. The molecule has 2 N–H and O–H groups in total. The van der Waals surface area contributed by atoms with Gasteiger partial charge >= 0.3 is 6.18 Å². The number of hydrogen-bond donors (Lipinski definition) is 2. The zero-order chi connectivity index (χ0) is 12.9. The van der Waals surface area contributed by atoms with Crippen molar-refractivity contribution in [1.29, 1.82) is 0 Å². The van der Waals surface area contributed by atoms with Crippen molar-refractivity contribution in [3.63, 3.8) is 0 Å². The maximum atomic E-state index is 12.4. The average molecular weight is 261 g/mol. The average Bonchev–Trinajstić information content (AvgIpc) is 2.28. The molecule has 1 aromatic carbocycles. The first kappa shape index (κ1) is 13.4. The second-order valence-electron chi connectivity index (χ2n) is 3.07. The summed E-state index contributed by atoms with van der Waals surface area (Å²) < 4.78 is 37.1. The summed E-state index contributed by atoms with van der Waals surface area (Å²) in [6, 6.07) is 4.85. The molecular formula is C10H10F3N3S. The van der Waals surface area contributed by atoms with Gasteiger partial charge in [-0.05, 0) is 29.9 Å². The zero-order valence-electron chi connectivity index (χ0n) is 8.88. The van der Waals surface area contributed by atoms with Gasteiger partial charge in [-0.25, -0.2) is 0 Å². The van der Waals surface area contributed by atoms with E-state index in [0.717, 1.165) is 12.1 Å². The largest absolute Gasteiger partial charge is 0.416 e. The van der Waals surface area contributed by atoms with Crippen molar-refractivity contribution in [3.8, 4) is 0 Å². The number of alkyl halides is 3. The summed E-state index contributed by atoms with van der Waals surface area (Å²) in [6.07, 6.45) is -3.09. The third-order valence-corrected chi connectivity index (χ3v) is 2.12. The molecule has 0 spiro atoms. The molecule has 0 atom stereocenters. The number of nitrogens with one attached hydrogen (secondary N) is 2. The Hall–Kier alpha value is -1.63. The van der Waals surface area contributed by atoms with E-state index in [1.807, 2.05) is 0 Å². The molecule has 0 aliphatic carbocycles. The lowest BCUT2D eigenvalue weighted by molar-refractivity contribution is -0.137. The first-order chi connectivity index (χ1) is 7.93. The van der Waals surface area contributed by atoms with Crippen LogP contribution in [0.1, 0.15) is 11.1 Å². The molecule has 0 fully saturated rings. The second kappa shape index (κ2) is 5.62. The Morgan fingerprint density at radius 1 is 1.41 bits per heavy atom. The number of halogens is 3. The van der Waals surface area contributed by atoms with E-state index >= 15 is 0 Å². The normalized spacial score (nSPS) is 11.5. The van der Waals surface area contributed by atoms with Crippen molar-refractivity contribution < 1.29 is 13.2 Å². The summed E-state index contributed by atoms with van der Waals surface area (Å²) in [7, 11) is 1.61. The van der Waals surface area contributed by atoms with Gasteiger partial charge in [0, 0.05) is 7.05 Å². The number of hydrogen-bond acceptors (Lipinski definition) is 2. The molecule has 0 saturated heterocycles. The molecule has 17 heavy (non-hydrogen) atoms. The molecule has 92 valence electrons. The molecule has 0 saturated carbocycles. The lowest BCUT2D eigenvalue weighted by Gasteiger charge is -2.06. The number of hydrazone groups is 1. The Morgan fingerprint density at radius 3 is 2.71 bits per heavy atom. The van der Waals surface area contributed by atoms with Crippen molar-refractivity contribution in [2.24, 2.45) is 5.10 Å². The van der Waals surface area contributed by atoms with Gasteiger partial charge in [0.05, 0.1) is 11.8 Å². The van der Waals surface area contributed by atoms with Crippen molar-refractivity contribution in [1.82, 2.24) is 10.7 Å². The molecule has 3 nitrogen and oxygen atoms in total. The summed E-state index contributed by atoms with van der Waals surface area (Å²) >= 11 is 4.74. The van der Waals surface area contributed by atoms with E-state index in [0.29, 0.717) is 5.56 Å². The van der Waals surface area contributed by atoms with Crippen LogP contribution in [-0.2, 0) is 6.18 Å². The predicted molar refractivity (Wildman–Crippen MR) is 63.8 cm³/mol. The third-order valence-electron chi connectivity index (χ3n) is 1.82. The fourth-order valence-corrected chi connectivity index (χ4v) is 1.07. The lowest BCUT2D eigenvalue weighted by Crippen LogP contribution is -2.28. The van der Waals surface area contributed by atoms with Crippen molar-refractivity contribution in [2.45, 2.75) is 6.18 Å². The van der Waals surface area contributed by atoms with Crippen LogP contribution in [0.15, 0.2) is 29.4 Å². The quantitative estimate of drug-likeness (QED) is 0.486. The van der Waals surface area contributed by atoms with Crippen LogP contribution < -0.4 is 10.7 Å². The van der Waals surface area contributed by atoms with Crippen LogP contribution in [0.4, 0.5) is 13.2 Å². The van der Waals surface area contributed by atoms with Crippen LogP contribution in [-0.4, -0.2) is 18.4 Å². The van der Waals surface area contributed by atoms with Crippen molar-refractivity contribution >= 4 is 23.5 Å².